The van der Waals surface area contributed by atoms with E-state index in [9.17, 15) is 0 Å². The summed E-state index contributed by atoms with van der Waals surface area (Å²) in [6.45, 7) is 3.58. The van der Waals surface area contributed by atoms with E-state index in [-0.39, 0.29) is 0 Å². The first-order chi connectivity index (χ1) is 33.3. The van der Waals surface area contributed by atoms with Crippen molar-refractivity contribution in [3.8, 4) is 145 Å². The van der Waals surface area contributed by atoms with Crippen molar-refractivity contribution < 1.29 is 18.9 Å². The summed E-state index contributed by atoms with van der Waals surface area (Å²) in [5.41, 5.74) is 3.78. The summed E-state index contributed by atoms with van der Waals surface area (Å²) in [5, 5.41) is 0. The molecule has 0 radical (unpaired) electrons. The van der Waals surface area contributed by atoms with E-state index >= 15 is 0 Å². The van der Waals surface area contributed by atoms with Gasteiger partial charge in [-0.15, -0.1) is 51.4 Å². The quantitative estimate of drug-likeness (QED) is 0.0703. The molecule has 0 atom stereocenters. The van der Waals surface area contributed by atoms with Crippen molar-refractivity contribution in [2.45, 2.75) is 0 Å². The minimum Gasteiger partial charge on any atom is -0.457 e. The van der Waals surface area contributed by atoms with Crippen molar-refractivity contribution in [2.24, 2.45) is 0 Å². The summed E-state index contributed by atoms with van der Waals surface area (Å²) in [6.07, 6.45) is 43.4. The van der Waals surface area contributed by atoms with E-state index in [0.717, 1.165) is 22.7 Å². The molecule has 0 aliphatic rings. The minimum absolute atomic E-state index is 0.447. The fourth-order valence-corrected chi connectivity index (χ4v) is 6.43. The highest BCUT2D eigenvalue weighted by atomic mass is 16.5. The van der Waals surface area contributed by atoms with Crippen LogP contribution in [0.25, 0.3) is 0 Å². The fraction of sp³-hybridized carbons (Fsp3) is 0.133. The van der Waals surface area contributed by atoms with Crippen molar-refractivity contribution in [1.82, 2.24) is 0 Å². The maximum absolute atomic E-state index is 5.93. The van der Waals surface area contributed by atoms with Crippen LogP contribution in [0.2, 0.25) is 0 Å². The summed E-state index contributed by atoms with van der Waals surface area (Å²) >= 11 is 0. The van der Waals surface area contributed by atoms with E-state index in [0.29, 0.717) is 98.4 Å². The van der Waals surface area contributed by atoms with Crippen LogP contribution < -0.4 is 38.5 Å². The van der Waals surface area contributed by atoms with Crippen LogP contribution in [0.4, 0.5) is 22.7 Å². The van der Waals surface area contributed by atoms with Crippen LogP contribution in [0, 0.1) is 98.8 Å². The smallest absolute Gasteiger partial charge is 0.127 e. The summed E-state index contributed by atoms with van der Waals surface area (Å²) in [5.74, 6) is 26.5. The number of anilines is 4. The van der Waals surface area contributed by atoms with Crippen molar-refractivity contribution in [2.75, 3.05) is 72.0 Å². The Kier molecular flexibility index (Phi) is 19.4. The number of benzene rings is 6. The second-order valence-electron chi connectivity index (χ2n) is 14.4. The summed E-state index contributed by atoms with van der Waals surface area (Å²) in [4.78, 5) is 7.74. The lowest BCUT2D eigenvalue weighted by Gasteiger charge is -2.20. The zero-order valence-corrected chi connectivity index (χ0v) is 37.6. The van der Waals surface area contributed by atoms with Crippen LogP contribution in [0.3, 0.4) is 0 Å². The zero-order valence-electron chi connectivity index (χ0n) is 37.6. The van der Waals surface area contributed by atoms with E-state index < -0.39 is 0 Å². The topological polar surface area (TPSA) is 49.9 Å². The highest BCUT2D eigenvalue weighted by Gasteiger charge is 2.09. The fourth-order valence-electron chi connectivity index (χ4n) is 6.43. The molecule has 0 unspecified atom stereocenters. The van der Waals surface area contributed by atoms with E-state index in [2.05, 4.69) is 47.4 Å². The van der Waals surface area contributed by atoms with Gasteiger partial charge in [-0.1, -0.05) is 47.4 Å². The molecule has 0 aromatic heterocycles. The van der Waals surface area contributed by atoms with Gasteiger partial charge in [-0.25, -0.2) is 0 Å². The maximum atomic E-state index is 5.93. The molecule has 0 bridgehead atoms. The summed E-state index contributed by atoms with van der Waals surface area (Å²) in [7, 11) is 0. The summed E-state index contributed by atoms with van der Waals surface area (Å²) < 4.78 is 23.7. The molecule has 8 heteroatoms. The van der Waals surface area contributed by atoms with E-state index in [1.54, 1.807) is 0 Å². The lowest BCUT2D eigenvalue weighted by atomic mass is 10.2. The SMILES string of the molecule is C#CCN(CC#C)c1ccc(Oc2ccc(Oc3ccc(N(CC#C)CC#C)cc3)cc2)cc1.C#CCN(CC#C)c1ccc(Oc2ccc(Oc3ccc(N(CC#C)CC#C)cc3)cc2)cc1. The summed E-state index contributed by atoms with van der Waals surface area (Å²) in [6, 6.07) is 45.3. The highest BCUT2D eigenvalue weighted by Crippen LogP contribution is 2.31. The molecule has 8 nitrogen and oxygen atoms in total. The van der Waals surface area contributed by atoms with Crippen molar-refractivity contribution in [3.63, 3.8) is 0 Å². The van der Waals surface area contributed by atoms with Gasteiger partial charge in [0.05, 0.1) is 52.4 Å². The van der Waals surface area contributed by atoms with E-state index in [1.165, 1.54) is 0 Å². The first kappa shape index (κ1) is 49.2. The predicted molar refractivity (Wildman–Crippen MR) is 278 cm³/mol. The highest BCUT2D eigenvalue weighted by molar-refractivity contribution is 5.55. The maximum Gasteiger partial charge on any atom is 0.127 e. The molecular weight excluding hydrogens is 841 g/mol. The van der Waals surface area contributed by atoms with Gasteiger partial charge in [0.15, 0.2) is 0 Å². The number of rotatable bonds is 20. The number of terminal acetylenes is 8. The molecule has 0 aliphatic carbocycles. The molecule has 6 rings (SSSR count). The van der Waals surface area contributed by atoms with Gasteiger partial charge in [-0.3, -0.25) is 0 Å². The van der Waals surface area contributed by atoms with Crippen molar-refractivity contribution >= 4 is 22.7 Å². The first-order valence-electron chi connectivity index (χ1n) is 21.1. The van der Waals surface area contributed by atoms with Crippen molar-refractivity contribution in [1.29, 1.82) is 0 Å². The monoisotopic (exact) mass is 888 g/mol. The van der Waals surface area contributed by atoms with Gasteiger partial charge in [0.2, 0.25) is 0 Å². The zero-order chi connectivity index (χ0) is 48.4. The van der Waals surface area contributed by atoms with Gasteiger partial charge in [0.25, 0.3) is 0 Å². The van der Waals surface area contributed by atoms with Gasteiger partial charge < -0.3 is 38.5 Å². The first-order valence-corrected chi connectivity index (χ1v) is 21.1. The van der Waals surface area contributed by atoms with Crippen LogP contribution >= 0.6 is 0 Å². The second kappa shape index (κ2) is 26.7. The molecule has 0 fully saturated rings. The van der Waals surface area contributed by atoms with Crippen molar-refractivity contribution in [3.05, 3.63) is 146 Å². The molecule has 0 N–H and O–H groups in total. The molecule has 0 spiro atoms. The van der Waals surface area contributed by atoms with Crippen LogP contribution in [0.5, 0.6) is 46.0 Å². The minimum atomic E-state index is 0.447. The molecular formula is C60H48N4O4. The number of ether oxygens (including phenoxy) is 4. The van der Waals surface area contributed by atoms with Gasteiger partial charge in [0, 0.05) is 22.7 Å². The van der Waals surface area contributed by atoms with Crippen LogP contribution in [0.1, 0.15) is 0 Å². The Morgan fingerprint density at radius 1 is 0.221 bits per heavy atom. The number of nitrogens with zero attached hydrogens (tertiary/aromatic N) is 4. The predicted octanol–water partition coefficient (Wildman–Crippen LogP) is 10.8. The Hall–Kier alpha value is -9.80. The standard InChI is InChI=1S/2C30H24N2O2/c2*1-5-21-31(22-6-2)25-9-13-27(14-10-25)33-29-17-19-30(20-18-29)34-28-15-11-26(12-16-28)32(23-7-3)24-8-4/h2*1-4,9-20H,21-24H2. The second-order valence-corrected chi connectivity index (χ2v) is 14.4. The molecule has 0 aliphatic heterocycles. The van der Waals surface area contributed by atoms with Crippen LogP contribution in [-0.2, 0) is 0 Å². The Labute approximate surface area is 402 Å². The Bertz CT molecular complexity index is 2400. The lowest BCUT2D eigenvalue weighted by molar-refractivity contribution is 0.469. The average Bonchev–Trinajstić information content (AvgIpc) is 3.36. The molecule has 68 heavy (non-hydrogen) atoms. The third kappa shape index (κ3) is 15.2. The molecule has 0 amide bonds. The van der Waals surface area contributed by atoms with Crippen LogP contribution in [0.15, 0.2) is 146 Å². The third-order valence-electron chi connectivity index (χ3n) is 9.65. The number of hydrogen-bond acceptors (Lipinski definition) is 8. The molecule has 0 saturated carbocycles. The van der Waals surface area contributed by atoms with Crippen LogP contribution in [-0.4, -0.2) is 52.4 Å². The molecule has 6 aromatic rings. The molecule has 0 heterocycles. The largest absolute Gasteiger partial charge is 0.457 e. The Morgan fingerprint density at radius 3 is 0.456 bits per heavy atom. The third-order valence-corrected chi connectivity index (χ3v) is 9.65. The van der Waals surface area contributed by atoms with E-state index in [4.69, 9.17) is 70.3 Å². The molecule has 0 saturated heterocycles. The van der Waals surface area contributed by atoms with Gasteiger partial charge in [0.1, 0.15) is 46.0 Å². The van der Waals surface area contributed by atoms with Gasteiger partial charge in [-0.05, 0) is 146 Å². The lowest BCUT2D eigenvalue weighted by Crippen LogP contribution is -2.23. The molecule has 332 valence electrons. The Balaban J connectivity index is 0.000000254. The van der Waals surface area contributed by atoms with Gasteiger partial charge in [-0.2, -0.15) is 0 Å². The normalized spacial score (nSPS) is 9.53. The van der Waals surface area contributed by atoms with Gasteiger partial charge >= 0.3 is 0 Å². The Morgan fingerprint density at radius 2 is 0.338 bits per heavy atom. The molecule has 6 aromatic carbocycles. The van der Waals surface area contributed by atoms with E-state index in [1.807, 2.05) is 165 Å². The average molecular weight is 889 g/mol. The number of hydrogen-bond donors (Lipinski definition) is 0.